The van der Waals surface area contributed by atoms with Gasteiger partial charge in [0.2, 0.25) is 0 Å². The summed E-state index contributed by atoms with van der Waals surface area (Å²) in [7, 11) is 1.52. The third-order valence-corrected chi connectivity index (χ3v) is 6.57. The van der Waals surface area contributed by atoms with Gasteiger partial charge in [-0.25, -0.2) is 0 Å². The fourth-order valence-electron chi connectivity index (χ4n) is 4.35. The Labute approximate surface area is 171 Å². The number of fused-ring (bicyclic) bond motifs is 2. The minimum absolute atomic E-state index is 0.130. The zero-order chi connectivity index (χ0) is 20.1. The van der Waals surface area contributed by atoms with Gasteiger partial charge in [0.05, 0.1) is 7.11 Å². The van der Waals surface area contributed by atoms with Crippen LogP contribution in [-0.4, -0.2) is 24.5 Å². The molecule has 2 atom stereocenters. The number of ketones is 3. The number of Topliss-reactive ketones (excluding diaryl/α,β-unsaturated/α-hetero) is 3. The predicted octanol–water partition coefficient (Wildman–Crippen LogP) is 5.06. The van der Waals surface area contributed by atoms with Crippen molar-refractivity contribution in [2.24, 2.45) is 11.3 Å². The Bertz CT molecular complexity index is 1050. The van der Waals surface area contributed by atoms with Crippen molar-refractivity contribution in [1.29, 1.82) is 0 Å². The van der Waals surface area contributed by atoms with E-state index in [0.717, 1.165) is 5.57 Å². The average Bonchev–Trinajstić information content (AvgIpc) is 2.72. The standard InChI is InChI=1S/C23H19BrO4/c1-13-9-10-23(22(27)17-12-14(28-2)7-8-19(17)24)18(11-13)20(25)15-5-3-4-6-16(15)21(23)26/h3-9,12,18H,10-11H2,1-2H3/t18-,23+/m0/s1. The summed E-state index contributed by atoms with van der Waals surface area (Å²) in [5.74, 6) is -0.895. The summed E-state index contributed by atoms with van der Waals surface area (Å²) in [4.78, 5) is 40.8. The van der Waals surface area contributed by atoms with E-state index in [1.807, 2.05) is 13.0 Å². The highest BCUT2D eigenvalue weighted by Crippen LogP contribution is 2.51. The van der Waals surface area contributed by atoms with Gasteiger partial charge >= 0.3 is 0 Å². The monoisotopic (exact) mass is 438 g/mol. The van der Waals surface area contributed by atoms with Crippen molar-refractivity contribution in [3.8, 4) is 5.75 Å². The molecule has 0 bridgehead atoms. The number of rotatable bonds is 3. The van der Waals surface area contributed by atoms with Crippen LogP contribution < -0.4 is 4.74 Å². The van der Waals surface area contributed by atoms with Gasteiger partial charge in [0.1, 0.15) is 11.2 Å². The van der Waals surface area contributed by atoms with Crippen LogP contribution in [0.15, 0.2) is 58.6 Å². The van der Waals surface area contributed by atoms with Crippen LogP contribution in [0.25, 0.3) is 0 Å². The van der Waals surface area contributed by atoms with Gasteiger partial charge in [0.25, 0.3) is 0 Å². The van der Waals surface area contributed by atoms with Gasteiger partial charge in [-0.2, -0.15) is 0 Å². The molecule has 2 aliphatic carbocycles. The highest BCUT2D eigenvalue weighted by Gasteiger charge is 2.58. The Morgan fingerprint density at radius 3 is 2.57 bits per heavy atom. The number of benzene rings is 2. The first-order valence-electron chi connectivity index (χ1n) is 9.12. The molecule has 0 radical (unpaired) electrons. The van der Waals surface area contributed by atoms with E-state index < -0.39 is 11.3 Å². The van der Waals surface area contributed by atoms with Crippen LogP contribution in [0.2, 0.25) is 0 Å². The van der Waals surface area contributed by atoms with Gasteiger partial charge in [-0.3, -0.25) is 14.4 Å². The molecule has 4 rings (SSSR count). The summed E-state index contributed by atoms with van der Waals surface area (Å²) in [6, 6.07) is 11.9. The Kier molecular flexibility index (Phi) is 4.58. The summed E-state index contributed by atoms with van der Waals surface area (Å²) in [6.45, 7) is 1.94. The first-order valence-corrected chi connectivity index (χ1v) is 9.91. The topological polar surface area (TPSA) is 60.4 Å². The number of allylic oxidation sites excluding steroid dienone is 2. The molecule has 0 saturated heterocycles. The molecule has 0 aromatic heterocycles. The highest BCUT2D eigenvalue weighted by molar-refractivity contribution is 9.10. The van der Waals surface area contributed by atoms with Crippen molar-refractivity contribution in [2.45, 2.75) is 19.8 Å². The fourth-order valence-corrected chi connectivity index (χ4v) is 4.77. The maximum atomic E-state index is 13.8. The van der Waals surface area contributed by atoms with Crippen molar-refractivity contribution in [1.82, 2.24) is 0 Å². The first-order chi connectivity index (χ1) is 13.4. The molecular formula is C23H19BrO4. The van der Waals surface area contributed by atoms with Crippen molar-refractivity contribution in [3.63, 3.8) is 0 Å². The van der Waals surface area contributed by atoms with E-state index in [2.05, 4.69) is 15.9 Å². The number of carbonyl (C=O) groups excluding carboxylic acids is 3. The third kappa shape index (κ3) is 2.60. The summed E-state index contributed by atoms with van der Waals surface area (Å²) in [6.07, 6.45) is 2.55. The lowest BCUT2D eigenvalue weighted by Gasteiger charge is -2.43. The minimum Gasteiger partial charge on any atom is -0.497 e. The Balaban J connectivity index is 1.95. The zero-order valence-corrected chi connectivity index (χ0v) is 17.2. The summed E-state index contributed by atoms with van der Waals surface area (Å²) < 4.78 is 5.85. The van der Waals surface area contributed by atoms with E-state index in [9.17, 15) is 14.4 Å². The van der Waals surface area contributed by atoms with E-state index in [-0.39, 0.29) is 23.8 Å². The fraction of sp³-hybridized carbons (Fsp3) is 0.261. The van der Waals surface area contributed by atoms with Gasteiger partial charge in [-0.15, -0.1) is 0 Å². The molecule has 0 N–H and O–H groups in total. The molecule has 0 spiro atoms. The number of hydrogen-bond donors (Lipinski definition) is 0. The molecule has 0 amide bonds. The first kappa shape index (κ1) is 18.8. The van der Waals surface area contributed by atoms with E-state index in [4.69, 9.17) is 4.74 Å². The normalized spacial score (nSPS) is 23.5. The number of hydrogen-bond acceptors (Lipinski definition) is 4. The van der Waals surface area contributed by atoms with Crippen LogP contribution in [0, 0.1) is 11.3 Å². The second-order valence-electron chi connectivity index (χ2n) is 7.40. The minimum atomic E-state index is -1.42. The van der Waals surface area contributed by atoms with Gasteiger partial charge in [-0.1, -0.05) is 51.8 Å². The zero-order valence-electron chi connectivity index (χ0n) is 15.6. The van der Waals surface area contributed by atoms with Crippen molar-refractivity contribution < 1.29 is 19.1 Å². The lowest BCUT2D eigenvalue weighted by molar-refractivity contribution is 0.0459. The van der Waals surface area contributed by atoms with Crippen LogP contribution in [0.5, 0.6) is 5.75 Å². The van der Waals surface area contributed by atoms with Crippen molar-refractivity contribution in [2.75, 3.05) is 7.11 Å². The van der Waals surface area contributed by atoms with E-state index >= 15 is 0 Å². The van der Waals surface area contributed by atoms with Crippen LogP contribution in [0.1, 0.15) is 50.8 Å². The van der Waals surface area contributed by atoms with Crippen LogP contribution in [0.3, 0.4) is 0 Å². The Hall–Kier alpha value is -2.53. The largest absolute Gasteiger partial charge is 0.497 e. The second kappa shape index (κ2) is 6.82. The maximum Gasteiger partial charge on any atom is 0.179 e. The van der Waals surface area contributed by atoms with Crippen molar-refractivity contribution >= 4 is 33.3 Å². The molecule has 142 valence electrons. The summed E-state index contributed by atoms with van der Waals surface area (Å²) in [5, 5.41) is 0. The molecular weight excluding hydrogens is 420 g/mol. The smallest absolute Gasteiger partial charge is 0.179 e. The molecule has 2 aromatic rings. The molecule has 4 nitrogen and oxygen atoms in total. The lowest BCUT2D eigenvalue weighted by Crippen LogP contribution is -2.53. The van der Waals surface area contributed by atoms with E-state index in [0.29, 0.717) is 33.3 Å². The van der Waals surface area contributed by atoms with Gasteiger partial charge < -0.3 is 4.74 Å². The van der Waals surface area contributed by atoms with Crippen molar-refractivity contribution in [3.05, 3.63) is 75.3 Å². The number of methoxy groups -OCH3 is 1. The quantitative estimate of drug-likeness (QED) is 0.381. The van der Waals surface area contributed by atoms with E-state index in [1.54, 1.807) is 42.5 Å². The molecule has 2 aliphatic rings. The lowest BCUT2D eigenvalue weighted by atomic mass is 9.55. The van der Waals surface area contributed by atoms with Gasteiger partial charge in [0.15, 0.2) is 17.3 Å². The molecule has 0 aliphatic heterocycles. The molecule has 5 heteroatoms. The molecule has 0 heterocycles. The maximum absolute atomic E-state index is 13.8. The average molecular weight is 439 g/mol. The number of carbonyl (C=O) groups is 3. The van der Waals surface area contributed by atoms with Crippen LogP contribution in [-0.2, 0) is 0 Å². The summed E-state index contributed by atoms with van der Waals surface area (Å²) in [5.41, 5.74) is 0.723. The highest BCUT2D eigenvalue weighted by atomic mass is 79.9. The molecule has 28 heavy (non-hydrogen) atoms. The predicted molar refractivity (Wildman–Crippen MR) is 109 cm³/mol. The molecule has 0 unspecified atom stereocenters. The Morgan fingerprint density at radius 1 is 1.14 bits per heavy atom. The molecule has 0 fully saturated rings. The van der Waals surface area contributed by atoms with Gasteiger partial charge in [0, 0.05) is 27.1 Å². The van der Waals surface area contributed by atoms with Gasteiger partial charge in [-0.05, 0) is 38.0 Å². The number of ether oxygens (including phenoxy) is 1. The third-order valence-electron chi connectivity index (χ3n) is 5.88. The van der Waals surface area contributed by atoms with E-state index in [1.165, 1.54) is 7.11 Å². The molecule has 0 saturated carbocycles. The summed E-state index contributed by atoms with van der Waals surface area (Å²) >= 11 is 3.43. The van der Waals surface area contributed by atoms with Crippen LogP contribution >= 0.6 is 15.9 Å². The Morgan fingerprint density at radius 2 is 1.86 bits per heavy atom. The number of halogens is 1. The SMILES string of the molecule is COc1ccc(Br)c(C(=O)[C@]23CC=C(C)C[C@H]2C(=O)c2ccccc2C3=O)c1. The molecule has 2 aromatic carbocycles. The second-order valence-corrected chi connectivity index (χ2v) is 8.25. The van der Waals surface area contributed by atoms with Crippen LogP contribution in [0.4, 0.5) is 0 Å².